The lowest BCUT2D eigenvalue weighted by Crippen LogP contribution is -2.58. The summed E-state index contributed by atoms with van der Waals surface area (Å²) >= 11 is 0. The topological polar surface area (TPSA) is 70.1 Å². The number of carboxylic acid groups (broad SMARTS) is 1. The average molecular weight is 322 g/mol. The molecular weight excluding hydrogens is 303 g/mol. The van der Waals surface area contributed by atoms with Gasteiger partial charge in [-0.3, -0.25) is 4.79 Å². The molecule has 1 N–H and O–H groups in total. The maximum atomic E-state index is 13.0. The number of ether oxygens (including phenoxy) is 1. The number of carbonyl (C=O) groups is 2. The number of piperidine rings is 1. The second kappa shape index (κ2) is 6.16. The highest BCUT2D eigenvalue weighted by atomic mass is 19.1. The molecule has 0 atom stereocenters. The number of amides is 2. The minimum absolute atomic E-state index is 0.00820. The molecule has 124 valence electrons. The summed E-state index contributed by atoms with van der Waals surface area (Å²) in [5, 5.41) is 9.03. The Balaban J connectivity index is 1.66. The van der Waals surface area contributed by atoms with E-state index in [1.807, 2.05) is 0 Å². The fraction of sp³-hybridized carbons (Fsp3) is 0.500. The summed E-state index contributed by atoms with van der Waals surface area (Å²) in [6.07, 6.45) is 0.230. The average Bonchev–Trinajstić information content (AvgIpc) is 2.54. The van der Waals surface area contributed by atoms with Crippen molar-refractivity contribution in [3.05, 3.63) is 35.6 Å². The van der Waals surface area contributed by atoms with Gasteiger partial charge in [0.2, 0.25) is 5.91 Å². The molecule has 3 rings (SSSR count). The first kappa shape index (κ1) is 15.7. The third-order valence-electron chi connectivity index (χ3n) is 4.57. The first-order valence-electron chi connectivity index (χ1n) is 7.61. The van der Waals surface area contributed by atoms with Crippen molar-refractivity contribution in [2.75, 3.05) is 26.2 Å². The Morgan fingerprint density at radius 1 is 1.26 bits per heavy atom. The van der Waals surface area contributed by atoms with Gasteiger partial charge in [0.1, 0.15) is 12.4 Å². The van der Waals surface area contributed by atoms with Crippen LogP contribution < -0.4 is 0 Å². The summed E-state index contributed by atoms with van der Waals surface area (Å²) in [5.41, 5.74) is 0.389. The molecule has 0 saturated carbocycles. The van der Waals surface area contributed by atoms with Crippen molar-refractivity contribution in [2.24, 2.45) is 0 Å². The maximum Gasteiger partial charge on any atom is 0.407 e. The Morgan fingerprint density at radius 3 is 2.52 bits per heavy atom. The van der Waals surface area contributed by atoms with Crippen LogP contribution in [0.5, 0.6) is 0 Å². The molecule has 7 heteroatoms. The number of hydrogen-bond acceptors (Lipinski definition) is 3. The molecule has 23 heavy (non-hydrogen) atoms. The normalized spacial score (nSPS) is 20.8. The molecule has 0 aliphatic carbocycles. The van der Waals surface area contributed by atoms with E-state index in [4.69, 9.17) is 9.84 Å². The molecule has 6 nitrogen and oxygen atoms in total. The molecule has 2 saturated heterocycles. The molecule has 0 unspecified atom stereocenters. The van der Waals surface area contributed by atoms with E-state index in [1.165, 1.54) is 17.0 Å². The monoisotopic (exact) mass is 322 g/mol. The van der Waals surface area contributed by atoms with E-state index in [-0.39, 0.29) is 18.3 Å². The Bertz CT molecular complexity index is 597. The number of rotatable bonds is 2. The molecule has 1 spiro atoms. The summed E-state index contributed by atoms with van der Waals surface area (Å²) in [7, 11) is 0. The maximum absolute atomic E-state index is 13.0. The number of morpholine rings is 1. The smallest absolute Gasteiger partial charge is 0.407 e. The number of hydrogen-bond donors (Lipinski definition) is 1. The molecule has 0 aromatic heterocycles. The Morgan fingerprint density at radius 2 is 1.91 bits per heavy atom. The highest BCUT2D eigenvalue weighted by molar-refractivity contribution is 5.78. The molecule has 0 bridgehead atoms. The number of nitrogens with zero attached hydrogens (tertiary/aromatic N) is 2. The Labute approximate surface area is 133 Å². The van der Waals surface area contributed by atoms with Crippen molar-refractivity contribution in [1.29, 1.82) is 0 Å². The standard InChI is InChI=1S/C16H19FN2O4/c17-13-3-1-12(2-4-13)9-19-11-16(23-10-14(19)20)5-7-18(8-6-16)15(21)22/h1-4H,5-11H2,(H,21,22). The van der Waals surface area contributed by atoms with Crippen LogP contribution in [0.2, 0.25) is 0 Å². The van der Waals surface area contributed by atoms with Crippen molar-refractivity contribution >= 4 is 12.0 Å². The zero-order valence-corrected chi connectivity index (χ0v) is 12.7. The fourth-order valence-electron chi connectivity index (χ4n) is 3.15. The third-order valence-corrected chi connectivity index (χ3v) is 4.57. The van der Waals surface area contributed by atoms with Gasteiger partial charge >= 0.3 is 6.09 Å². The van der Waals surface area contributed by atoms with Gasteiger partial charge < -0.3 is 19.6 Å². The van der Waals surface area contributed by atoms with Crippen molar-refractivity contribution in [3.8, 4) is 0 Å². The predicted molar refractivity (Wildman–Crippen MR) is 79.3 cm³/mol. The van der Waals surface area contributed by atoms with Crippen molar-refractivity contribution in [3.63, 3.8) is 0 Å². The van der Waals surface area contributed by atoms with E-state index in [2.05, 4.69) is 0 Å². The van der Waals surface area contributed by atoms with Gasteiger partial charge in [0.15, 0.2) is 0 Å². The van der Waals surface area contributed by atoms with Crippen LogP contribution >= 0.6 is 0 Å². The zero-order chi connectivity index (χ0) is 16.4. The highest BCUT2D eigenvalue weighted by Crippen LogP contribution is 2.31. The minimum Gasteiger partial charge on any atom is -0.465 e. The quantitative estimate of drug-likeness (QED) is 0.900. The molecular formula is C16H19FN2O4. The van der Waals surface area contributed by atoms with E-state index >= 15 is 0 Å². The van der Waals surface area contributed by atoms with Crippen LogP contribution in [-0.4, -0.2) is 58.7 Å². The summed E-state index contributed by atoms with van der Waals surface area (Å²) in [6.45, 7) is 1.68. The van der Waals surface area contributed by atoms with Crippen LogP contribution in [0.25, 0.3) is 0 Å². The lowest BCUT2D eigenvalue weighted by molar-refractivity contribution is -0.171. The highest BCUT2D eigenvalue weighted by Gasteiger charge is 2.42. The van der Waals surface area contributed by atoms with Crippen molar-refractivity contribution in [2.45, 2.75) is 25.0 Å². The molecule has 0 radical (unpaired) electrons. The molecule has 2 aliphatic rings. The minimum atomic E-state index is -0.921. The van der Waals surface area contributed by atoms with Gasteiger partial charge in [0.05, 0.1) is 12.1 Å². The van der Waals surface area contributed by atoms with Crippen LogP contribution in [0.1, 0.15) is 18.4 Å². The number of halogens is 1. The van der Waals surface area contributed by atoms with Crippen molar-refractivity contribution < 1.29 is 23.8 Å². The molecule has 2 fully saturated rings. The van der Waals surface area contributed by atoms with E-state index in [0.29, 0.717) is 39.0 Å². The predicted octanol–water partition coefficient (Wildman–Crippen LogP) is 1.70. The zero-order valence-electron chi connectivity index (χ0n) is 12.7. The summed E-state index contributed by atoms with van der Waals surface area (Å²) in [4.78, 5) is 26.2. The van der Waals surface area contributed by atoms with Gasteiger partial charge in [-0.25, -0.2) is 9.18 Å². The lowest BCUT2D eigenvalue weighted by atomic mass is 9.89. The number of benzene rings is 1. The SMILES string of the molecule is O=C(O)N1CCC2(CC1)CN(Cc1ccc(F)cc1)C(=O)CO2. The fourth-order valence-corrected chi connectivity index (χ4v) is 3.15. The summed E-state index contributed by atoms with van der Waals surface area (Å²) in [6, 6.07) is 6.08. The number of likely N-dealkylation sites (tertiary alicyclic amines) is 1. The Kier molecular flexibility index (Phi) is 4.21. The van der Waals surface area contributed by atoms with Gasteiger partial charge in [0.25, 0.3) is 0 Å². The molecule has 1 aromatic rings. The van der Waals surface area contributed by atoms with E-state index in [1.54, 1.807) is 17.0 Å². The largest absolute Gasteiger partial charge is 0.465 e. The van der Waals surface area contributed by atoms with E-state index < -0.39 is 11.7 Å². The summed E-state index contributed by atoms with van der Waals surface area (Å²) < 4.78 is 18.7. The van der Waals surface area contributed by atoms with Crippen molar-refractivity contribution in [1.82, 2.24) is 9.80 Å². The van der Waals surface area contributed by atoms with Gasteiger partial charge in [-0.05, 0) is 30.5 Å². The second-order valence-electron chi connectivity index (χ2n) is 6.12. The van der Waals surface area contributed by atoms with E-state index in [9.17, 15) is 14.0 Å². The van der Waals surface area contributed by atoms with Crippen LogP contribution in [-0.2, 0) is 16.1 Å². The van der Waals surface area contributed by atoms with Crippen LogP contribution in [0.3, 0.4) is 0 Å². The van der Waals surface area contributed by atoms with Gasteiger partial charge in [-0.2, -0.15) is 0 Å². The first-order chi connectivity index (χ1) is 11.0. The molecule has 2 heterocycles. The van der Waals surface area contributed by atoms with Crippen LogP contribution in [0.15, 0.2) is 24.3 Å². The summed E-state index contributed by atoms with van der Waals surface area (Å²) in [5.74, 6) is -0.403. The lowest BCUT2D eigenvalue weighted by Gasteiger charge is -2.46. The van der Waals surface area contributed by atoms with Crippen LogP contribution in [0.4, 0.5) is 9.18 Å². The second-order valence-corrected chi connectivity index (χ2v) is 6.12. The van der Waals surface area contributed by atoms with Gasteiger partial charge in [0, 0.05) is 19.6 Å². The molecule has 1 aromatic carbocycles. The number of carbonyl (C=O) groups excluding carboxylic acids is 1. The molecule has 2 aliphatic heterocycles. The first-order valence-corrected chi connectivity index (χ1v) is 7.61. The van der Waals surface area contributed by atoms with Gasteiger partial charge in [-0.15, -0.1) is 0 Å². The van der Waals surface area contributed by atoms with Gasteiger partial charge in [-0.1, -0.05) is 12.1 Å². The van der Waals surface area contributed by atoms with Crippen LogP contribution in [0, 0.1) is 5.82 Å². The third kappa shape index (κ3) is 3.44. The molecule has 2 amide bonds. The van der Waals surface area contributed by atoms with E-state index in [0.717, 1.165) is 5.56 Å². The Hall–Kier alpha value is -2.15.